The number of H-pyrrole nitrogens is 2. The summed E-state index contributed by atoms with van der Waals surface area (Å²) in [5, 5.41) is 1.09. The van der Waals surface area contributed by atoms with Gasteiger partial charge in [-0.2, -0.15) is 0 Å². The fourth-order valence-corrected chi connectivity index (χ4v) is 3.86. The Morgan fingerprint density at radius 1 is 1.25 bits per heavy atom. The van der Waals surface area contributed by atoms with Crippen molar-refractivity contribution in [2.24, 2.45) is 0 Å². The minimum atomic E-state index is -0.0943. The Morgan fingerprint density at radius 3 is 2.96 bits per heavy atom. The van der Waals surface area contributed by atoms with Crippen molar-refractivity contribution >= 4 is 11.0 Å². The van der Waals surface area contributed by atoms with E-state index in [9.17, 15) is 4.79 Å². The average molecular weight is 323 g/mol. The Balaban J connectivity index is 1.82. The van der Waals surface area contributed by atoms with Gasteiger partial charge in [-0.1, -0.05) is 12.8 Å². The maximum atomic E-state index is 12.1. The van der Waals surface area contributed by atoms with Gasteiger partial charge < -0.3 is 14.7 Å². The van der Waals surface area contributed by atoms with Crippen LogP contribution < -0.4 is 5.56 Å². The lowest BCUT2D eigenvalue weighted by Gasteiger charge is -2.30. The summed E-state index contributed by atoms with van der Waals surface area (Å²) in [7, 11) is 1.80. The molecule has 2 N–H and O–H groups in total. The highest BCUT2D eigenvalue weighted by molar-refractivity contribution is 5.85. The summed E-state index contributed by atoms with van der Waals surface area (Å²) >= 11 is 0. The topological polar surface area (TPSA) is 70.8 Å². The van der Waals surface area contributed by atoms with E-state index in [2.05, 4.69) is 27.2 Å². The lowest BCUT2D eigenvalue weighted by molar-refractivity contribution is 0.0527. The van der Waals surface area contributed by atoms with E-state index in [-0.39, 0.29) is 11.7 Å². The van der Waals surface area contributed by atoms with Gasteiger partial charge in [0.25, 0.3) is 5.56 Å². The van der Waals surface area contributed by atoms with E-state index >= 15 is 0 Å². The second-order valence-electron chi connectivity index (χ2n) is 6.44. The minimum absolute atomic E-state index is 0.0943. The average Bonchev–Trinajstić information content (AvgIpc) is 3.05. The minimum Gasteiger partial charge on any atom is -0.381 e. The first-order valence-electron chi connectivity index (χ1n) is 8.46. The molecule has 3 aromatic rings. The van der Waals surface area contributed by atoms with Gasteiger partial charge in [-0.15, -0.1) is 0 Å². The summed E-state index contributed by atoms with van der Waals surface area (Å²) in [5.41, 5.74) is 3.50. The van der Waals surface area contributed by atoms with Gasteiger partial charge in [0.1, 0.15) is 5.65 Å². The molecule has 0 aromatic carbocycles. The van der Waals surface area contributed by atoms with E-state index in [4.69, 9.17) is 4.74 Å². The number of pyridine rings is 2. The van der Waals surface area contributed by atoms with Crippen LogP contribution in [0.2, 0.25) is 0 Å². The zero-order chi connectivity index (χ0) is 16.5. The molecule has 5 nitrogen and oxygen atoms in total. The quantitative estimate of drug-likeness (QED) is 0.774. The van der Waals surface area contributed by atoms with Crippen LogP contribution in [0.4, 0.5) is 0 Å². The summed E-state index contributed by atoms with van der Waals surface area (Å²) in [6.45, 7) is 0. The predicted octanol–water partition coefficient (Wildman–Crippen LogP) is 3.59. The van der Waals surface area contributed by atoms with Crippen LogP contribution in [-0.4, -0.2) is 28.2 Å². The van der Waals surface area contributed by atoms with Crippen LogP contribution in [0.3, 0.4) is 0 Å². The predicted molar refractivity (Wildman–Crippen MR) is 94.2 cm³/mol. The Kier molecular flexibility index (Phi) is 3.94. The number of hydrogen-bond acceptors (Lipinski definition) is 3. The summed E-state index contributed by atoms with van der Waals surface area (Å²) in [6.07, 6.45) is 10.4. The van der Waals surface area contributed by atoms with Gasteiger partial charge in [0.2, 0.25) is 0 Å². The zero-order valence-corrected chi connectivity index (χ0v) is 13.7. The van der Waals surface area contributed by atoms with Gasteiger partial charge in [-0.3, -0.25) is 4.79 Å². The normalized spacial score (nSPS) is 21.2. The number of aromatic amines is 2. The highest BCUT2D eigenvalue weighted by atomic mass is 16.5. The van der Waals surface area contributed by atoms with Gasteiger partial charge in [0, 0.05) is 48.1 Å². The number of aromatic nitrogens is 3. The second-order valence-corrected chi connectivity index (χ2v) is 6.44. The standard InChI is InChI=1S/C19H21N3O2/c1-24-17-7-3-2-5-14(17)16-11-22-18-15(16)9-12(10-21-18)13-6-4-8-20-19(13)23/h4,6,8-11,14,17H,2-3,5,7H2,1H3,(H,20,23)(H,21,22). The molecule has 1 aliphatic rings. The number of ether oxygens (including phenoxy) is 1. The number of nitrogens with one attached hydrogen (secondary N) is 2. The Hall–Kier alpha value is -2.40. The van der Waals surface area contributed by atoms with Crippen LogP contribution >= 0.6 is 0 Å². The van der Waals surface area contributed by atoms with Crippen molar-refractivity contribution in [2.75, 3.05) is 7.11 Å². The van der Waals surface area contributed by atoms with Crippen LogP contribution in [0, 0.1) is 0 Å². The highest BCUT2D eigenvalue weighted by Crippen LogP contribution is 2.38. The van der Waals surface area contributed by atoms with Crippen LogP contribution in [0.1, 0.15) is 37.2 Å². The van der Waals surface area contributed by atoms with Crippen molar-refractivity contribution in [1.29, 1.82) is 0 Å². The molecule has 2 unspecified atom stereocenters. The first-order valence-corrected chi connectivity index (χ1v) is 8.46. The van der Waals surface area contributed by atoms with Crippen LogP contribution in [0.25, 0.3) is 22.2 Å². The Morgan fingerprint density at radius 2 is 2.12 bits per heavy atom. The molecule has 4 rings (SSSR count). The molecule has 2 atom stereocenters. The maximum absolute atomic E-state index is 12.1. The summed E-state index contributed by atoms with van der Waals surface area (Å²) < 4.78 is 5.72. The molecule has 1 aliphatic carbocycles. The van der Waals surface area contributed by atoms with Crippen molar-refractivity contribution in [2.45, 2.75) is 37.7 Å². The molecular formula is C19H21N3O2. The zero-order valence-electron chi connectivity index (χ0n) is 13.7. The molecule has 1 fully saturated rings. The molecule has 1 saturated carbocycles. The third-order valence-corrected chi connectivity index (χ3v) is 5.10. The van der Waals surface area contributed by atoms with E-state index < -0.39 is 0 Å². The van der Waals surface area contributed by atoms with Crippen LogP contribution in [0.5, 0.6) is 0 Å². The number of hydrogen-bond donors (Lipinski definition) is 2. The van der Waals surface area contributed by atoms with Crippen LogP contribution in [-0.2, 0) is 4.74 Å². The second kappa shape index (κ2) is 6.24. The largest absolute Gasteiger partial charge is 0.381 e. The molecule has 0 radical (unpaired) electrons. The number of nitrogens with zero attached hydrogens (tertiary/aromatic N) is 1. The van der Waals surface area contributed by atoms with E-state index in [1.165, 1.54) is 18.4 Å². The van der Waals surface area contributed by atoms with Gasteiger partial charge in [0.15, 0.2) is 0 Å². The first-order chi connectivity index (χ1) is 11.8. The number of methoxy groups -OCH3 is 1. The van der Waals surface area contributed by atoms with Gasteiger partial charge in [-0.05, 0) is 36.6 Å². The molecule has 5 heteroatoms. The first kappa shape index (κ1) is 15.1. The van der Waals surface area contributed by atoms with Crippen LogP contribution in [0.15, 0.2) is 41.6 Å². The van der Waals surface area contributed by atoms with E-state index in [1.807, 2.05) is 12.1 Å². The van der Waals surface area contributed by atoms with E-state index in [0.29, 0.717) is 11.5 Å². The lowest BCUT2D eigenvalue weighted by atomic mass is 9.81. The number of fused-ring (bicyclic) bond motifs is 1. The molecule has 0 saturated heterocycles. The molecule has 3 aromatic heterocycles. The molecule has 124 valence electrons. The third kappa shape index (κ3) is 2.55. The Bertz CT molecular complexity index is 912. The van der Waals surface area contributed by atoms with Crippen molar-refractivity contribution in [3.05, 3.63) is 52.7 Å². The Labute approximate surface area is 140 Å². The van der Waals surface area contributed by atoms with Crippen molar-refractivity contribution in [3.8, 4) is 11.1 Å². The van der Waals surface area contributed by atoms with Gasteiger partial charge in [-0.25, -0.2) is 4.98 Å². The van der Waals surface area contributed by atoms with Gasteiger partial charge in [0.05, 0.1) is 6.10 Å². The SMILES string of the molecule is COC1CCCCC1c1c[nH]c2ncc(-c3ccc[nH]c3=O)cc12. The fourth-order valence-electron chi connectivity index (χ4n) is 3.86. The summed E-state index contributed by atoms with van der Waals surface area (Å²) in [4.78, 5) is 22.6. The van der Waals surface area contributed by atoms with Crippen molar-refractivity contribution in [1.82, 2.24) is 15.0 Å². The molecule has 0 aliphatic heterocycles. The molecule has 0 spiro atoms. The molecule has 3 heterocycles. The van der Waals surface area contributed by atoms with Crippen molar-refractivity contribution in [3.63, 3.8) is 0 Å². The third-order valence-electron chi connectivity index (χ3n) is 5.10. The van der Waals surface area contributed by atoms with Crippen molar-refractivity contribution < 1.29 is 4.74 Å². The maximum Gasteiger partial charge on any atom is 0.255 e. The monoisotopic (exact) mass is 323 g/mol. The summed E-state index contributed by atoms with van der Waals surface area (Å²) in [6, 6.07) is 5.73. The smallest absolute Gasteiger partial charge is 0.255 e. The van der Waals surface area contributed by atoms with E-state index in [0.717, 1.165) is 29.4 Å². The highest BCUT2D eigenvalue weighted by Gasteiger charge is 2.28. The molecule has 0 amide bonds. The fraction of sp³-hybridized carbons (Fsp3) is 0.368. The molecule has 0 bridgehead atoms. The van der Waals surface area contributed by atoms with E-state index in [1.54, 1.807) is 19.5 Å². The summed E-state index contributed by atoms with van der Waals surface area (Å²) in [5.74, 6) is 0.378. The number of rotatable bonds is 3. The molecule has 24 heavy (non-hydrogen) atoms. The molecular weight excluding hydrogens is 302 g/mol. The lowest BCUT2D eigenvalue weighted by Crippen LogP contribution is -2.24. The van der Waals surface area contributed by atoms with Gasteiger partial charge >= 0.3 is 0 Å².